The Bertz CT molecular complexity index is 603. The highest BCUT2D eigenvalue weighted by atomic mass is 16.5. The molecule has 0 spiro atoms. The maximum absolute atomic E-state index is 11.3. The summed E-state index contributed by atoms with van der Waals surface area (Å²) < 4.78 is 7.00. The van der Waals surface area contributed by atoms with Crippen LogP contribution in [-0.4, -0.2) is 16.4 Å². The molecule has 0 aliphatic heterocycles. The van der Waals surface area contributed by atoms with Gasteiger partial charge >= 0.3 is 0 Å². The van der Waals surface area contributed by atoms with Crippen molar-refractivity contribution in [2.45, 2.75) is 13.8 Å². The Morgan fingerprint density at radius 2 is 2.00 bits per heavy atom. The van der Waals surface area contributed by atoms with E-state index in [1.54, 1.807) is 4.68 Å². The van der Waals surface area contributed by atoms with E-state index >= 15 is 0 Å². The molecule has 0 amide bonds. The van der Waals surface area contributed by atoms with Crippen molar-refractivity contribution >= 4 is 5.82 Å². The molecule has 0 aliphatic carbocycles. The summed E-state index contributed by atoms with van der Waals surface area (Å²) in [6.07, 6.45) is 0. The van der Waals surface area contributed by atoms with Gasteiger partial charge < -0.3 is 10.5 Å². The van der Waals surface area contributed by atoms with Crippen LogP contribution in [0.5, 0.6) is 5.75 Å². The normalized spacial score (nSPS) is 10.3. The lowest BCUT2D eigenvalue weighted by atomic mass is 10.3. The van der Waals surface area contributed by atoms with E-state index < -0.39 is 0 Å². The molecule has 2 N–H and O–H groups in total. The highest BCUT2D eigenvalue weighted by Crippen LogP contribution is 2.15. The van der Waals surface area contributed by atoms with Crippen LogP contribution >= 0.6 is 0 Å². The molecule has 0 unspecified atom stereocenters. The van der Waals surface area contributed by atoms with Gasteiger partial charge in [-0.1, -0.05) is 0 Å². The van der Waals surface area contributed by atoms with Crippen molar-refractivity contribution in [1.82, 2.24) is 9.78 Å². The van der Waals surface area contributed by atoms with Crippen LogP contribution in [0.3, 0.4) is 0 Å². The van der Waals surface area contributed by atoms with Crippen molar-refractivity contribution in [3.63, 3.8) is 0 Å². The van der Waals surface area contributed by atoms with Crippen molar-refractivity contribution in [2.24, 2.45) is 0 Å². The van der Waals surface area contributed by atoms with Gasteiger partial charge in [0.2, 0.25) is 5.43 Å². The maximum Gasteiger partial charge on any atom is 0.224 e. The minimum absolute atomic E-state index is 0.00511. The number of benzene rings is 1. The van der Waals surface area contributed by atoms with Gasteiger partial charge in [0.25, 0.3) is 0 Å². The number of nitrogen functional groups attached to an aromatic ring is 1. The van der Waals surface area contributed by atoms with Gasteiger partial charge in [0, 0.05) is 11.8 Å². The Labute approximate surface area is 105 Å². The first-order chi connectivity index (χ1) is 8.61. The molecule has 5 nitrogen and oxygen atoms in total. The number of aryl methyl sites for hydroxylation is 1. The molecule has 2 rings (SSSR count). The highest BCUT2D eigenvalue weighted by Gasteiger charge is 2.04. The SMILES string of the molecule is CCOc1ccc(-n2nc(N)c(=O)cc2C)cc1. The van der Waals surface area contributed by atoms with Gasteiger partial charge in [0.1, 0.15) is 5.75 Å². The van der Waals surface area contributed by atoms with Gasteiger partial charge in [0.15, 0.2) is 5.82 Å². The molecule has 18 heavy (non-hydrogen) atoms. The highest BCUT2D eigenvalue weighted by molar-refractivity contribution is 5.39. The third kappa shape index (κ3) is 2.34. The molecule has 0 aliphatic rings. The monoisotopic (exact) mass is 245 g/mol. The van der Waals surface area contributed by atoms with Gasteiger partial charge in [-0.3, -0.25) is 4.79 Å². The number of anilines is 1. The van der Waals surface area contributed by atoms with Gasteiger partial charge in [-0.05, 0) is 38.1 Å². The zero-order chi connectivity index (χ0) is 13.1. The summed E-state index contributed by atoms with van der Waals surface area (Å²) in [6, 6.07) is 8.92. The van der Waals surface area contributed by atoms with E-state index in [2.05, 4.69) is 5.10 Å². The second-order valence-electron chi connectivity index (χ2n) is 3.87. The number of nitrogens with two attached hydrogens (primary N) is 1. The van der Waals surface area contributed by atoms with Crippen molar-refractivity contribution < 1.29 is 4.74 Å². The van der Waals surface area contributed by atoms with Crippen molar-refractivity contribution in [2.75, 3.05) is 12.3 Å². The number of hydrogen-bond donors (Lipinski definition) is 1. The molecule has 0 radical (unpaired) electrons. The quantitative estimate of drug-likeness (QED) is 0.890. The molecule has 0 atom stereocenters. The van der Waals surface area contributed by atoms with Crippen LogP contribution in [0.2, 0.25) is 0 Å². The van der Waals surface area contributed by atoms with Crippen LogP contribution in [0.25, 0.3) is 5.69 Å². The molecule has 0 fully saturated rings. The van der Waals surface area contributed by atoms with Crippen LogP contribution in [-0.2, 0) is 0 Å². The number of nitrogens with zero attached hydrogens (tertiary/aromatic N) is 2. The average Bonchev–Trinajstić information content (AvgIpc) is 2.35. The van der Waals surface area contributed by atoms with Crippen LogP contribution in [0.15, 0.2) is 35.1 Å². The number of hydrogen-bond acceptors (Lipinski definition) is 4. The fourth-order valence-corrected chi connectivity index (χ4v) is 1.67. The Morgan fingerprint density at radius 3 is 2.61 bits per heavy atom. The van der Waals surface area contributed by atoms with E-state index in [-0.39, 0.29) is 11.2 Å². The third-order valence-electron chi connectivity index (χ3n) is 2.53. The summed E-state index contributed by atoms with van der Waals surface area (Å²) in [5.41, 5.74) is 6.85. The van der Waals surface area contributed by atoms with E-state index in [0.717, 1.165) is 17.1 Å². The van der Waals surface area contributed by atoms with E-state index in [9.17, 15) is 4.79 Å². The zero-order valence-electron chi connectivity index (χ0n) is 10.4. The van der Waals surface area contributed by atoms with Gasteiger partial charge in [-0.15, -0.1) is 5.10 Å². The molecule has 1 heterocycles. The van der Waals surface area contributed by atoms with E-state index in [0.29, 0.717) is 6.61 Å². The fraction of sp³-hybridized carbons (Fsp3) is 0.231. The first-order valence-electron chi connectivity index (χ1n) is 5.71. The summed E-state index contributed by atoms with van der Waals surface area (Å²) >= 11 is 0. The summed E-state index contributed by atoms with van der Waals surface area (Å²) in [5, 5.41) is 4.06. The van der Waals surface area contributed by atoms with Crippen LogP contribution in [0.1, 0.15) is 12.6 Å². The lowest BCUT2D eigenvalue weighted by Gasteiger charge is -2.10. The van der Waals surface area contributed by atoms with E-state index in [1.807, 2.05) is 38.1 Å². The van der Waals surface area contributed by atoms with Crippen LogP contribution < -0.4 is 15.9 Å². The van der Waals surface area contributed by atoms with Crippen molar-refractivity contribution in [3.05, 3.63) is 46.2 Å². The minimum Gasteiger partial charge on any atom is -0.494 e. The largest absolute Gasteiger partial charge is 0.494 e. The second kappa shape index (κ2) is 4.91. The third-order valence-corrected chi connectivity index (χ3v) is 2.53. The Morgan fingerprint density at radius 1 is 1.33 bits per heavy atom. The molecule has 0 saturated carbocycles. The molecule has 2 aromatic rings. The van der Waals surface area contributed by atoms with Crippen molar-refractivity contribution in [3.8, 4) is 11.4 Å². The standard InChI is InChI=1S/C13H15N3O2/c1-3-18-11-6-4-10(5-7-11)16-9(2)8-12(17)13(14)15-16/h4-8H,3H2,1-2H3,(H2,14,15). The predicted molar refractivity (Wildman–Crippen MR) is 70.2 cm³/mol. The summed E-state index contributed by atoms with van der Waals surface area (Å²) in [5.74, 6) is 0.794. The molecule has 1 aromatic heterocycles. The maximum atomic E-state index is 11.3. The summed E-state index contributed by atoms with van der Waals surface area (Å²) in [4.78, 5) is 11.3. The number of rotatable bonds is 3. The average molecular weight is 245 g/mol. The van der Waals surface area contributed by atoms with Gasteiger partial charge in [-0.25, -0.2) is 4.68 Å². The fourth-order valence-electron chi connectivity index (χ4n) is 1.67. The van der Waals surface area contributed by atoms with Gasteiger partial charge in [-0.2, -0.15) is 0 Å². The smallest absolute Gasteiger partial charge is 0.224 e. The topological polar surface area (TPSA) is 70.1 Å². The van der Waals surface area contributed by atoms with E-state index in [4.69, 9.17) is 10.5 Å². The number of ether oxygens (including phenoxy) is 1. The zero-order valence-corrected chi connectivity index (χ0v) is 10.4. The molecule has 0 bridgehead atoms. The Balaban J connectivity index is 2.42. The molecule has 1 aromatic carbocycles. The molecular formula is C13H15N3O2. The molecule has 5 heteroatoms. The van der Waals surface area contributed by atoms with Crippen LogP contribution in [0.4, 0.5) is 5.82 Å². The lowest BCUT2D eigenvalue weighted by Crippen LogP contribution is -2.17. The Hall–Kier alpha value is -2.30. The van der Waals surface area contributed by atoms with E-state index in [1.165, 1.54) is 6.07 Å². The molecule has 94 valence electrons. The van der Waals surface area contributed by atoms with Gasteiger partial charge in [0.05, 0.1) is 12.3 Å². The van der Waals surface area contributed by atoms with Crippen LogP contribution in [0, 0.1) is 6.92 Å². The Kier molecular flexibility index (Phi) is 3.32. The summed E-state index contributed by atoms with van der Waals surface area (Å²) in [7, 11) is 0. The minimum atomic E-state index is -0.255. The first kappa shape index (κ1) is 12.2. The predicted octanol–water partition coefficient (Wildman–Crippen LogP) is 1.52. The van der Waals surface area contributed by atoms with Crippen molar-refractivity contribution in [1.29, 1.82) is 0 Å². The molecular weight excluding hydrogens is 230 g/mol. The first-order valence-corrected chi connectivity index (χ1v) is 5.71. The lowest BCUT2D eigenvalue weighted by molar-refractivity contribution is 0.340. The number of aromatic nitrogens is 2. The second-order valence-corrected chi connectivity index (χ2v) is 3.87. The molecule has 0 saturated heterocycles. The summed E-state index contributed by atoms with van der Waals surface area (Å²) in [6.45, 7) is 4.37.